The zero-order chi connectivity index (χ0) is 22.5. The topological polar surface area (TPSA) is 112 Å². The number of hydrogen-bond donors (Lipinski definition) is 3. The number of ketones is 1. The molecule has 3 rings (SSSR count). The summed E-state index contributed by atoms with van der Waals surface area (Å²) in [5.74, 6) is 0.365. The average Bonchev–Trinajstić information content (AvgIpc) is 3.38. The molecule has 0 aliphatic carbocycles. The number of para-hydroxylation sites is 1. The number of likely N-dealkylation sites (tertiary alicyclic amines) is 1. The number of nitrogens with one attached hydrogen (secondary N) is 2. The molecule has 1 fully saturated rings. The number of rotatable bonds is 8. The van der Waals surface area contributed by atoms with Crippen molar-refractivity contribution in [2.45, 2.75) is 33.2 Å². The lowest BCUT2D eigenvalue weighted by Crippen LogP contribution is -2.27. The van der Waals surface area contributed by atoms with Crippen molar-refractivity contribution in [1.29, 1.82) is 0 Å². The number of amides is 1. The van der Waals surface area contributed by atoms with Crippen LogP contribution in [-0.2, 0) is 16.1 Å². The van der Waals surface area contributed by atoms with E-state index in [2.05, 4.69) is 26.6 Å². The predicted molar refractivity (Wildman–Crippen MR) is 119 cm³/mol. The molecule has 3 N–H and O–H groups in total. The van der Waals surface area contributed by atoms with Gasteiger partial charge >= 0.3 is 0 Å². The summed E-state index contributed by atoms with van der Waals surface area (Å²) in [7, 11) is 0. The van der Waals surface area contributed by atoms with Crippen molar-refractivity contribution >= 4 is 39.6 Å². The van der Waals surface area contributed by atoms with Crippen LogP contribution in [0.15, 0.2) is 44.5 Å². The Morgan fingerprint density at radius 3 is 2.58 bits per heavy atom. The van der Waals surface area contributed by atoms with E-state index in [1.807, 2.05) is 0 Å². The number of halogens is 1. The Kier molecular flexibility index (Phi) is 7.17. The van der Waals surface area contributed by atoms with Gasteiger partial charge in [-0.3, -0.25) is 14.4 Å². The number of allylic oxidation sites excluding steroid dienone is 2. The Bertz CT molecular complexity index is 1020. The van der Waals surface area contributed by atoms with Gasteiger partial charge in [0.15, 0.2) is 17.8 Å². The number of aldehydes is 1. The molecule has 0 atom stereocenters. The third-order valence-electron chi connectivity index (χ3n) is 5.02. The minimum absolute atomic E-state index is 0.0378. The molecule has 0 spiro atoms. The van der Waals surface area contributed by atoms with Gasteiger partial charge in [0, 0.05) is 20.0 Å². The van der Waals surface area contributed by atoms with E-state index in [1.54, 1.807) is 24.0 Å². The fourth-order valence-electron chi connectivity index (χ4n) is 3.39. The number of nitrogens with zero attached hydrogens (tertiary/aromatic N) is 1. The second-order valence-corrected chi connectivity index (χ2v) is 8.11. The Morgan fingerprint density at radius 1 is 1.29 bits per heavy atom. The first kappa shape index (κ1) is 22.6. The average molecular weight is 490 g/mol. The van der Waals surface area contributed by atoms with E-state index in [-0.39, 0.29) is 46.6 Å². The lowest BCUT2D eigenvalue weighted by atomic mass is 10.1. The second-order valence-electron chi connectivity index (χ2n) is 7.26. The summed E-state index contributed by atoms with van der Waals surface area (Å²) < 4.78 is 6.35. The molecule has 1 saturated heterocycles. The van der Waals surface area contributed by atoms with Crippen LogP contribution in [0.25, 0.3) is 0 Å². The fraction of sp³-hybridized carbons (Fsp3) is 0.318. The summed E-state index contributed by atoms with van der Waals surface area (Å²) in [4.78, 5) is 38.3. The van der Waals surface area contributed by atoms with Crippen LogP contribution < -0.4 is 10.6 Å². The molecular formula is C22H24BrN3O5. The Morgan fingerprint density at radius 2 is 2.00 bits per heavy atom. The highest BCUT2D eigenvalue weighted by atomic mass is 79.9. The minimum atomic E-state index is -0.374. The van der Waals surface area contributed by atoms with E-state index in [9.17, 15) is 19.5 Å². The molecule has 31 heavy (non-hydrogen) atoms. The molecule has 1 aromatic heterocycles. The fourth-order valence-corrected chi connectivity index (χ4v) is 3.73. The van der Waals surface area contributed by atoms with Gasteiger partial charge in [0.25, 0.3) is 5.91 Å². The number of aromatic hydroxyl groups is 1. The summed E-state index contributed by atoms with van der Waals surface area (Å²) in [6.07, 6.45) is 2.35. The molecule has 1 amide bonds. The van der Waals surface area contributed by atoms with Crippen molar-refractivity contribution in [1.82, 2.24) is 10.2 Å². The molecule has 0 bridgehead atoms. The molecule has 2 heterocycles. The summed E-state index contributed by atoms with van der Waals surface area (Å²) in [5, 5.41) is 16.4. The maximum atomic E-state index is 12.7. The van der Waals surface area contributed by atoms with Gasteiger partial charge in [0.1, 0.15) is 22.9 Å². The predicted octanol–water partition coefficient (Wildman–Crippen LogP) is 3.49. The highest BCUT2D eigenvalue weighted by molar-refractivity contribution is 9.10. The number of hydrogen-bond acceptors (Lipinski definition) is 7. The van der Waals surface area contributed by atoms with Gasteiger partial charge in [0.2, 0.25) is 0 Å². The van der Waals surface area contributed by atoms with Crippen LogP contribution in [0.4, 0.5) is 5.69 Å². The van der Waals surface area contributed by atoms with E-state index in [0.717, 1.165) is 17.3 Å². The summed E-state index contributed by atoms with van der Waals surface area (Å²) in [6, 6.07) is 6.45. The smallest absolute Gasteiger partial charge is 0.257 e. The van der Waals surface area contributed by atoms with Crippen LogP contribution in [0.5, 0.6) is 5.75 Å². The highest BCUT2D eigenvalue weighted by Crippen LogP contribution is 2.30. The third-order valence-corrected chi connectivity index (χ3v) is 5.80. The molecule has 0 unspecified atom stereocenters. The second kappa shape index (κ2) is 9.82. The number of Topliss-reactive ketones (excluding diaryl/α,β-unsaturated/α-hetero) is 1. The third kappa shape index (κ3) is 5.16. The molecule has 0 saturated carbocycles. The Balaban J connectivity index is 1.85. The normalized spacial score (nSPS) is 14.2. The van der Waals surface area contributed by atoms with Crippen molar-refractivity contribution in [3.8, 4) is 5.75 Å². The van der Waals surface area contributed by atoms with Gasteiger partial charge in [0.05, 0.1) is 22.3 Å². The van der Waals surface area contributed by atoms with Gasteiger partial charge in [-0.25, -0.2) is 0 Å². The maximum Gasteiger partial charge on any atom is 0.257 e. The van der Waals surface area contributed by atoms with Crippen LogP contribution in [0.1, 0.15) is 41.6 Å². The number of aryl methyl sites for hydroxylation is 1. The van der Waals surface area contributed by atoms with Crippen LogP contribution >= 0.6 is 15.9 Å². The number of carbonyl (C=O) groups is 3. The summed E-state index contributed by atoms with van der Waals surface area (Å²) in [5.41, 5.74) is 0.279. The lowest BCUT2D eigenvalue weighted by Gasteiger charge is -2.18. The summed E-state index contributed by atoms with van der Waals surface area (Å²) in [6.45, 7) is 4.60. The van der Waals surface area contributed by atoms with E-state index in [4.69, 9.17) is 4.42 Å². The van der Waals surface area contributed by atoms with Crippen LogP contribution in [0.3, 0.4) is 0 Å². The van der Waals surface area contributed by atoms with Gasteiger partial charge in [-0.15, -0.1) is 0 Å². The maximum absolute atomic E-state index is 12.7. The standard InChI is InChI=1S/C22H24BrN3O5/c1-13(28)20(24-11-15-10-17(23)14(2)31-15)19(12-27)25-18-7-5-6-16(21(18)29)22(30)26-8-3-4-9-26/h5-7,10,12,24-25,29H,3-4,8-9,11H2,1-2H3/b20-19-. The zero-order valence-corrected chi connectivity index (χ0v) is 18.9. The number of benzene rings is 1. The quantitative estimate of drug-likeness (QED) is 0.295. The van der Waals surface area contributed by atoms with Gasteiger partial charge in [-0.2, -0.15) is 0 Å². The Labute approximate surface area is 188 Å². The zero-order valence-electron chi connectivity index (χ0n) is 17.3. The van der Waals surface area contributed by atoms with E-state index >= 15 is 0 Å². The van der Waals surface area contributed by atoms with Crippen molar-refractivity contribution in [2.24, 2.45) is 0 Å². The van der Waals surface area contributed by atoms with E-state index in [1.165, 1.54) is 19.1 Å². The first-order valence-corrected chi connectivity index (χ1v) is 10.7. The molecular weight excluding hydrogens is 466 g/mol. The largest absolute Gasteiger partial charge is 0.505 e. The lowest BCUT2D eigenvalue weighted by molar-refractivity contribution is -0.114. The van der Waals surface area contributed by atoms with Crippen molar-refractivity contribution < 1.29 is 23.9 Å². The molecule has 164 valence electrons. The van der Waals surface area contributed by atoms with Crippen molar-refractivity contribution in [2.75, 3.05) is 18.4 Å². The van der Waals surface area contributed by atoms with E-state index < -0.39 is 0 Å². The van der Waals surface area contributed by atoms with Crippen LogP contribution in [0, 0.1) is 6.92 Å². The Hall–Kier alpha value is -3.07. The molecule has 2 aromatic rings. The first-order valence-electron chi connectivity index (χ1n) is 9.89. The number of anilines is 1. The molecule has 9 heteroatoms. The van der Waals surface area contributed by atoms with Crippen molar-refractivity contribution in [3.05, 3.63) is 57.2 Å². The SMILES string of the molecule is CC(=O)/C(NCc1cc(Br)c(C)o1)=C(\C=O)Nc1cccc(C(=O)N2CCCC2)c1O. The van der Waals surface area contributed by atoms with Crippen molar-refractivity contribution in [3.63, 3.8) is 0 Å². The monoisotopic (exact) mass is 489 g/mol. The highest BCUT2D eigenvalue weighted by Gasteiger charge is 2.23. The van der Waals surface area contributed by atoms with Gasteiger partial charge in [-0.1, -0.05) is 6.07 Å². The first-order chi connectivity index (χ1) is 14.8. The van der Waals surface area contributed by atoms with E-state index in [0.29, 0.717) is 30.9 Å². The number of carbonyl (C=O) groups excluding carboxylic acids is 3. The minimum Gasteiger partial charge on any atom is -0.505 e. The van der Waals surface area contributed by atoms with Gasteiger partial charge in [-0.05, 0) is 53.9 Å². The molecule has 0 radical (unpaired) electrons. The number of furan rings is 1. The molecule has 8 nitrogen and oxygen atoms in total. The molecule has 1 aromatic carbocycles. The van der Waals surface area contributed by atoms with Gasteiger partial charge < -0.3 is 25.1 Å². The molecule has 1 aliphatic rings. The molecule has 1 aliphatic heterocycles. The van der Waals surface area contributed by atoms with Crippen LogP contribution in [0.2, 0.25) is 0 Å². The summed E-state index contributed by atoms with van der Waals surface area (Å²) >= 11 is 3.36. The number of phenols is 1. The number of phenolic OH excluding ortho intramolecular Hbond substituents is 1. The van der Waals surface area contributed by atoms with Crippen LogP contribution in [-0.4, -0.2) is 41.1 Å².